The van der Waals surface area contributed by atoms with Gasteiger partial charge in [0.1, 0.15) is 11.1 Å². The van der Waals surface area contributed by atoms with E-state index in [0.717, 1.165) is 28.5 Å². The molecule has 2 aromatic carbocycles. The van der Waals surface area contributed by atoms with Crippen molar-refractivity contribution >= 4 is 35.3 Å². The SMILES string of the molecule is CCc1nnc(NC(=O)CSc2nc(-c3ccc(C)cc3)cc(-c3ccccc3Cl)c2C#N)o1. The monoisotopic (exact) mass is 489 g/mol. The molecule has 4 aromatic rings. The molecule has 170 valence electrons. The van der Waals surface area contributed by atoms with Crippen molar-refractivity contribution in [1.82, 2.24) is 15.2 Å². The van der Waals surface area contributed by atoms with Crippen LogP contribution in [0.2, 0.25) is 5.02 Å². The van der Waals surface area contributed by atoms with Gasteiger partial charge in [-0.15, -0.1) is 5.10 Å². The molecule has 2 aromatic heterocycles. The van der Waals surface area contributed by atoms with Crippen molar-refractivity contribution in [1.29, 1.82) is 5.26 Å². The number of halogens is 1. The lowest BCUT2D eigenvalue weighted by Gasteiger charge is -2.13. The fourth-order valence-corrected chi connectivity index (χ4v) is 4.28. The highest BCUT2D eigenvalue weighted by molar-refractivity contribution is 8.00. The van der Waals surface area contributed by atoms with E-state index >= 15 is 0 Å². The van der Waals surface area contributed by atoms with Gasteiger partial charge < -0.3 is 4.42 Å². The van der Waals surface area contributed by atoms with Crippen LogP contribution in [0.4, 0.5) is 6.01 Å². The molecule has 0 bridgehead atoms. The van der Waals surface area contributed by atoms with Crippen LogP contribution in [0.25, 0.3) is 22.4 Å². The Morgan fingerprint density at radius 2 is 1.91 bits per heavy atom. The summed E-state index contributed by atoms with van der Waals surface area (Å²) in [6.45, 7) is 3.89. The molecule has 0 aliphatic carbocycles. The minimum Gasteiger partial charge on any atom is -0.408 e. The maximum absolute atomic E-state index is 12.5. The molecule has 0 aliphatic rings. The Morgan fingerprint density at radius 1 is 1.15 bits per heavy atom. The zero-order valence-electron chi connectivity index (χ0n) is 18.5. The zero-order chi connectivity index (χ0) is 24.1. The Balaban J connectivity index is 1.70. The number of aromatic nitrogens is 3. The number of nitrogens with one attached hydrogen (secondary N) is 1. The van der Waals surface area contributed by atoms with Crippen molar-refractivity contribution in [3.8, 4) is 28.5 Å². The minimum atomic E-state index is -0.345. The van der Waals surface area contributed by atoms with Gasteiger partial charge in [0.25, 0.3) is 0 Å². The summed E-state index contributed by atoms with van der Waals surface area (Å²) in [5.41, 5.74) is 4.44. The maximum Gasteiger partial charge on any atom is 0.322 e. The third-order valence-corrected chi connectivity index (χ3v) is 6.27. The highest BCUT2D eigenvalue weighted by atomic mass is 35.5. The van der Waals surface area contributed by atoms with Crippen molar-refractivity contribution < 1.29 is 9.21 Å². The Bertz CT molecular complexity index is 1380. The molecule has 0 atom stereocenters. The number of pyridine rings is 1. The first kappa shape index (κ1) is 23.5. The zero-order valence-corrected chi connectivity index (χ0v) is 20.1. The molecule has 0 unspecified atom stereocenters. The van der Waals surface area contributed by atoms with Gasteiger partial charge in [-0.05, 0) is 19.1 Å². The number of benzene rings is 2. The van der Waals surface area contributed by atoms with Gasteiger partial charge >= 0.3 is 6.01 Å². The number of aryl methyl sites for hydroxylation is 2. The van der Waals surface area contributed by atoms with Crippen molar-refractivity contribution in [2.45, 2.75) is 25.3 Å². The molecule has 0 saturated carbocycles. The van der Waals surface area contributed by atoms with Crippen LogP contribution >= 0.6 is 23.4 Å². The molecule has 0 radical (unpaired) electrons. The number of nitrogens with zero attached hydrogens (tertiary/aromatic N) is 4. The molecule has 4 rings (SSSR count). The topological polar surface area (TPSA) is 105 Å². The fourth-order valence-electron chi connectivity index (χ4n) is 3.23. The third kappa shape index (κ3) is 5.28. The Hall–Kier alpha value is -3.67. The predicted octanol–water partition coefficient (Wildman–Crippen LogP) is 5.93. The van der Waals surface area contributed by atoms with E-state index in [0.29, 0.717) is 39.2 Å². The van der Waals surface area contributed by atoms with Crippen molar-refractivity contribution in [3.05, 3.63) is 76.6 Å². The Morgan fingerprint density at radius 3 is 2.59 bits per heavy atom. The quantitative estimate of drug-likeness (QED) is 0.321. The lowest BCUT2D eigenvalue weighted by molar-refractivity contribution is -0.113. The molecule has 34 heavy (non-hydrogen) atoms. The van der Waals surface area contributed by atoms with Crippen molar-refractivity contribution in [2.75, 3.05) is 11.1 Å². The molecule has 0 saturated heterocycles. The normalized spacial score (nSPS) is 10.6. The molecular weight excluding hydrogens is 470 g/mol. The van der Waals surface area contributed by atoms with Gasteiger partial charge in [0.2, 0.25) is 11.8 Å². The van der Waals surface area contributed by atoms with Crippen LogP contribution < -0.4 is 5.32 Å². The molecule has 0 spiro atoms. The number of carbonyl (C=O) groups excluding carboxylic acids is 1. The summed E-state index contributed by atoms with van der Waals surface area (Å²) in [6, 6.07) is 19.4. The highest BCUT2D eigenvalue weighted by Crippen LogP contribution is 2.37. The van der Waals surface area contributed by atoms with Gasteiger partial charge in [0, 0.05) is 28.1 Å². The smallest absolute Gasteiger partial charge is 0.322 e. The second-order valence-electron chi connectivity index (χ2n) is 7.38. The van der Waals surface area contributed by atoms with Crippen molar-refractivity contribution in [3.63, 3.8) is 0 Å². The summed E-state index contributed by atoms with van der Waals surface area (Å²) in [4.78, 5) is 17.2. The van der Waals surface area contributed by atoms with Gasteiger partial charge in [-0.2, -0.15) is 5.26 Å². The molecule has 9 heteroatoms. The second-order valence-corrected chi connectivity index (χ2v) is 8.76. The molecular formula is C25H20ClN5O2S. The predicted molar refractivity (Wildman–Crippen MR) is 133 cm³/mol. The van der Waals surface area contributed by atoms with Gasteiger partial charge in [-0.1, -0.05) is 83.4 Å². The molecule has 1 N–H and O–H groups in total. The van der Waals surface area contributed by atoms with E-state index in [1.54, 1.807) is 6.07 Å². The lowest BCUT2D eigenvalue weighted by Crippen LogP contribution is -2.14. The van der Waals surface area contributed by atoms with E-state index < -0.39 is 0 Å². The number of carbonyl (C=O) groups is 1. The highest BCUT2D eigenvalue weighted by Gasteiger charge is 2.19. The number of nitriles is 1. The number of amides is 1. The summed E-state index contributed by atoms with van der Waals surface area (Å²) < 4.78 is 5.33. The van der Waals surface area contributed by atoms with Gasteiger partial charge in [0.05, 0.1) is 17.0 Å². The average molecular weight is 490 g/mol. The van der Waals surface area contributed by atoms with E-state index in [1.165, 1.54) is 0 Å². The number of hydrogen-bond acceptors (Lipinski definition) is 7. The standard InChI is InChI=1S/C25H20ClN5O2S/c1-3-23-30-31-25(33-23)29-22(32)14-34-24-19(13-27)18(17-6-4-5-7-20(17)26)12-21(28-24)16-10-8-15(2)9-11-16/h4-12H,3,14H2,1-2H3,(H,29,31,32). The first-order valence-corrected chi connectivity index (χ1v) is 11.9. The number of hydrogen-bond donors (Lipinski definition) is 1. The van der Waals surface area contributed by atoms with Crippen LogP contribution in [0.15, 0.2) is 64.0 Å². The van der Waals surface area contributed by atoms with Gasteiger partial charge in [-0.25, -0.2) is 4.98 Å². The van der Waals surface area contributed by atoms with E-state index in [9.17, 15) is 10.1 Å². The van der Waals surface area contributed by atoms with Gasteiger partial charge in [0.15, 0.2) is 0 Å². The lowest BCUT2D eigenvalue weighted by atomic mass is 9.99. The second kappa shape index (κ2) is 10.5. The number of thioether (sulfide) groups is 1. The van der Waals surface area contributed by atoms with Crippen LogP contribution in [0.1, 0.15) is 23.9 Å². The molecule has 0 fully saturated rings. The fraction of sp³-hybridized carbons (Fsp3) is 0.160. The summed E-state index contributed by atoms with van der Waals surface area (Å²) in [5.74, 6) is 0.0961. The first-order valence-electron chi connectivity index (χ1n) is 10.5. The molecule has 7 nitrogen and oxygen atoms in total. The van der Waals surface area contributed by atoms with Crippen molar-refractivity contribution in [2.24, 2.45) is 0 Å². The molecule has 1 amide bonds. The first-order chi connectivity index (χ1) is 16.5. The van der Waals surface area contributed by atoms with E-state index in [4.69, 9.17) is 21.0 Å². The summed E-state index contributed by atoms with van der Waals surface area (Å²) >= 11 is 7.63. The van der Waals surface area contributed by atoms with Crippen LogP contribution in [0.5, 0.6) is 0 Å². The number of anilines is 1. The Labute approximate surface area is 206 Å². The largest absolute Gasteiger partial charge is 0.408 e. The summed E-state index contributed by atoms with van der Waals surface area (Å²) in [6.07, 6.45) is 0.573. The molecule has 2 heterocycles. The maximum atomic E-state index is 12.5. The van der Waals surface area contributed by atoms with Crippen LogP contribution in [0, 0.1) is 18.3 Å². The van der Waals surface area contributed by atoms with Crippen LogP contribution in [0.3, 0.4) is 0 Å². The molecule has 0 aliphatic heterocycles. The number of rotatable bonds is 7. The van der Waals surface area contributed by atoms with Crippen LogP contribution in [-0.2, 0) is 11.2 Å². The van der Waals surface area contributed by atoms with E-state index in [2.05, 4.69) is 21.6 Å². The summed E-state index contributed by atoms with van der Waals surface area (Å²) in [5, 5.41) is 21.2. The van der Waals surface area contributed by atoms with E-state index in [-0.39, 0.29) is 17.7 Å². The Kier molecular flexibility index (Phi) is 7.26. The minimum absolute atomic E-state index is 0.00479. The van der Waals surface area contributed by atoms with Gasteiger partial charge in [-0.3, -0.25) is 10.1 Å². The van der Waals surface area contributed by atoms with E-state index in [1.807, 2.05) is 62.4 Å². The summed E-state index contributed by atoms with van der Waals surface area (Å²) in [7, 11) is 0. The third-order valence-electron chi connectivity index (χ3n) is 4.97. The average Bonchev–Trinajstić information content (AvgIpc) is 3.30. The van der Waals surface area contributed by atoms with Crippen LogP contribution in [-0.4, -0.2) is 26.8 Å².